The van der Waals surface area contributed by atoms with E-state index < -0.39 is 5.41 Å². The Morgan fingerprint density at radius 2 is 1.83 bits per heavy atom. The lowest BCUT2D eigenvalue weighted by Crippen LogP contribution is -2.38. The summed E-state index contributed by atoms with van der Waals surface area (Å²) in [5.41, 5.74) is 3.52. The minimum atomic E-state index is -0.915. The first-order valence-electron chi connectivity index (χ1n) is 9.83. The molecule has 0 bridgehead atoms. The first-order chi connectivity index (χ1) is 14.5. The maximum absolute atomic E-state index is 13.1. The second-order valence-corrected chi connectivity index (χ2v) is 8.26. The average molecular weight is 464 g/mol. The number of benzene rings is 2. The van der Waals surface area contributed by atoms with Crippen LogP contribution in [0.1, 0.15) is 25.1 Å². The van der Waals surface area contributed by atoms with Gasteiger partial charge in [0.05, 0.1) is 18.5 Å². The van der Waals surface area contributed by atoms with Crippen molar-refractivity contribution in [3.63, 3.8) is 0 Å². The molecule has 0 fully saturated rings. The van der Waals surface area contributed by atoms with Crippen LogP contribution in [0.5, 0.6) is 0 Å². The van der Waals surface area contributed by atoms with Gasteiger partial charge in [-0.25, -0.2) is 9.50 Å². The number of carbonyl (C=O) groups excluding carboxylic acids is 1. The van der Waals surface area contributed by atoms with Gasteiger partial charge in [-0.05, 0) is 49.6 Å². The number of nitrogens with zero attached hydrogens (tertiary/aromatic N) is 3. The zero-order valence-electron chi connectivity index (χ0n) is 16.9. The molecule has 2 heterocycles. The quantitative estimate of drug-likeness (QED) is 0.367. The molecule has 0 spiro atoms. The predicted molar refractivity (Wildman–Crippen MR) is 120 cm³/mol. The predicted octanol–water partition coefficient (Wildman–Crippen LogP) is 5.22. The molecule has 0 saturated heterocycles. The fraction of sp³-hybridized carbons (Fsp3) is 0.208. The normalized spacial score (nSPS) is 13.2. The summed E-state index contributed by atoms with van der Waals surface area (Å²) < 4.78 is 8.25. The molecule has 0 aliphatic rings. The van der Waals surface area contributed by atoms with E-state index in [4.69, 9.17) is 4.74 Å². The van der Waals surface area contributed by atoms with Crippen LogP contribution in [0.15, 0.2) is 77.5 Å². The highest BCUT2D eigenvalue weighted by molar-refractivity contribution is 9.10. The fourth-order valence-corrected chi connectivity index (χ4v) is 3.97. The second-order valence-electron chi connectivity index (χ2n) is 7.35. The SMILES string of the molecule is CCOC(=O)C(C)(Cc1ccccc1)c1ccnc2c(-c3ccc(Br)cc3)cnn12. The third-order valence-corrected chi connectivity index (χ3v) is 5.78. The number of halogens is 1. The van der Waals surface area contributed by atoms with E-state index in [9.17, 15) is 4.79 Å². The van der Waals surface area contributed by atoms with Gasteiger partial charge in [-0.3, -0.25) is 4.79 Å². The Labute approximate surface area is 183 Å². The highest BCUT2D eigenvalue weighted by Crippen LogP contribution is 2.32. The first-order valence-corrected chi connectivity index (χ1v) is 10.6. The van der Waals surface area contributed by atoms with Crippen molar-refractivity contribution >= 4 is 27.5 Å². The van der Waals surface area contributed by atoms with Gasteiger partial charge in [0.1, 0.15) is 5.41 Å². The van der Waals surface area contributed by atoms with Gasteiger partial charge < -0.3 is 4.74 Å². The molecule has 5 nitrogen and oxygen atoms in total. The van der Waals surface area contributed by atoms with E-state index in [1.165, 1.54) is 0 Å². The standard InChI is InChI=1S/C24H22BrN3O2/c1-3-30-23(29)24(2,15-17-7-5-4-6-8-17)21-13-14-26-22-20(16-27-28(21)22)18-9-11-19(25)12-10-18/h4-14,16H,3,15H2,1-2H3. The van der Waals surface area contributed by atoms with Crippen LogP contribution in [0.2, 0.25) is 0 Å². The van der Waals surface area contributed by atoms with E-state index in [2.05, 4.69) is 26.0 Å². The Morgan fingerprint density at radius 1 is 1.10 bits per heavy atom. The van der Waals surface area contributed by atoms with Crippen molar-refractivity contribution in [2.24, 2.45) is 0 Å². The lowest BCUT2D eigenvalue weighted by Gasteiger charge is -2.28. The molecule has 0 aliphatic carbocycles. The molecule has 0 saturated carbocycles. The fourth-order valence-electron chi connectivity index (χ4n) is 3.70. The molecule has 1 unspecified atom stereocenters. The van der Waals surface area contributed by atoms with Crippen molar-refractivity contribution in [1.82, 2.24) is 14.6 Å². The highest BCUT2D eigenvalue weighted by atomic mass is 79.9. The van der Waals surface area contributed by atoms with E-state index in [0.29, 0.717) is 18.7 Å². The van der Waals surface area contributed by atoms with Crippen molar-refractivity contribution in [2.75, 3.05) is 6.61 Å². The highest BCUT2D eigenvalue weighted by Gasteiger charge is 2.39. The molecule has 0 radical (unpaired) electrons. The van der Waals surface area contributed by atoms with Crippen LogP contribution in [-0.4, -0.2) is 27.2 Å². The van der Waals surface area contributed by atoms with Crippen LogP contribution in [0.4, 0.5) is 0 Å². The van der Waals surface area contributed by atoms with Gasteiger partial charge in [0.25, 0.3) is 0 Å². The second kappa shape index (κ2) is 8.40. The van der Waals surface area contributed by atoms with Crippen molar-refractivity contribution in [2.45, 2.75) is 25.7 Å². The smallest absolute Gasteiger partial charge is 0.318 e. The van der Waals surface area contributed by atoms with Crippen molar-refractivity contribution < 1.29 is 9.53 Å². The van der Waals surface area contributed by atoms with Crippen LogP contribution in [0.3, 0.4) is 0 Å². The summed E-state index contributed by atoms with van der Waals surface area (Å²) in [6.07, 6.45) is 4.03. The van der Waals surface area contributed by atoms with Gasteiger partial charge in [-0.1, -0.05) is 58.4 Å². The molecular weight excluding hydrogens is 442 g/mol. The summed E-state index contributed by atoms with van der Waals surface area (Å²) in [7, 11) is 0. The third kappa shape index (κ3) is 3.75. The molecule has 30 heavy (non-hydrogen) atoms. The summed E-state index contributed by atoms with van der Waals surface area (Å²) in [6, 6.07) is 19.8. The van der Waals surface area contributed by atoms with Crippen LogP contribution >= 0.6 is 15.9 Å². The van der Waals surface area contributed by atoms with Crippen LogP contribution in [-0.2, 0) is 21.4 Å². The van der Waals surface area contributed by atoms with Crippen molar-refractivity contribution in [3.8, 4) is 11.1 Å². The summed E-state index contributed by atoms with van der Waals surface area (Å²) in [5.74, 6) is -0.276. The Balaban J connectivity index is 1.85. The zero-order chi connectivity index (χ0) is 21.1. The zero-order valence-corrected chi connectivity index (χ0v) is 18.5. The van der Waals surface area contributed by atoms with Gasteiger partial charge in [-0.15, -0.1) is 0 Å². The number of aromatic nitrogens is 3. The molecule has 0 N–H and O–H groups in total. The molecule has 152 valence electrons. The van der Waals surface area contributed by atoms with Crippen LogP contribution < -0.4 is 0 Å². The molecule has 2 aromatic carbocycles. The first kappa shape index (κ1) is 20.3. The third-order valence-electron chi connectivity index (χ3n) is 5.25. The summed E-state index contributed by atoms with van der Waals surface area (Å²) in [6.45, 7) is 4.05. The van der Waals surface area contributed by atoms with Gasteiger partial charge in [-0.2, -0.15) is 5.10 Å². The Hall–Kier alpha value is -2.99. The largest absolute Gasteiger partial charge is 0.465 e. The molecule has 1 atom stereocenters. The summed E-state index contributed by atoms with van der Waals surface area (Å²) in [4.78, 5) is 17.7. The van der Waals surface area contributed by atoms with E-state index in [1.54, 1.807) is 16.9 Å². The number of esters is 1. The van der Waals surface area contributed by atoms with Gasteiger partial charge in [0, 0.05) is 16.2 Å². The lowest BCUT2D eigenvalue weighted by atomic mass is 9.80. The number of fused-ring (bicyclic) bond motifs is 1. The molecule has 6 heteroatoms. The number of carbonyl (C=O) groups is 1. The number of hydrogen-bond acceptors (Lipinski definition) is 4. The van der Waals surface area contributed by atoms with E-state index in [-0.39, 0.29) is 5.97 Å². The van der Waals surface area contributed by atoms with Crippen molar-refractivity contribution in [1.29, 1.82) is 0 Å². The van der Waals surface area contributed by atoms with Gasteiger partial charge in [0.15, 0.2) is 5.65 Å². The summed E-state index contributed by atoms with van der Waals surface area (Å²) in [5, 5.41) is 4.60. The Morgan fingerprint density at radius 3 is 2.53 bits per heavy atom. The van der Waals surface area contributed by atoms with Gasteiger partial charge in [0.2, 0.25) is 0 Å². The number of rotatable bonds is 6. The van der Waals surface area contributed by atoms with Crippen LogP contribution in [0.25, 0.3) is 16.8 Å². The number of ether oxygens (including phenoxy) is 1. The monoisotopic (exact) mass is 463 g/mol. The maximum atomic E-state index is 13.1. The molecule has 2 aromatic heterocycles. The molecule has 4 rings (SSSR count). The molecule has 0 amide bonds. The molecular formula is C24H22BrN3O2. The average Bonchev–Trinajstić information content (AvgIpc) is 3.19. The van der Waals surface area contributed by atoms with Crippen molar-refractivity contribution in [3.05, 3.63) is 88.8 Å². The molecule has 4 aromatic rings. The van der Waals surface area contributed by atoms with Gasteiger partial charge >= 0.3 is 5.97 Å². The lowest BCUT2D eigenvalue weighted by molar-refractivity contribution is -0.149. The topological polar surface area (TPSA) is 56.5 Å². The van der Waals surface area contributed by atoms with Crippen LogP contribution in [0, 0.1) is 0 Å². The maximum Gasteiger partial charge on any atom is 0.318 e. The minimum absolute atomic E-state index is 0.276. The van der Waals surface area contributed by atoms with E-state index in [1.807, 2.05) is 74.5 Å². The van der Waals surface area contributed by atoms with E-state index >= 15 is 0 Å². The Kier molecular flexibility index (Phi) is 5.68. The van der Waals surface area contributed by atoms with E-state index in [0.717, 1.165) is 26.9 Å². The number of hydrogen-bond donors (Lipinski definition) is 0. The molecule has 0 aliphatic heterocycles. The Bertz CT molecular complexity index is 1170. The summed E-state index contributed by atoms with van der Waals surface area (Å²) >= 11 is 3.47. The minimum Gasteiger partial charge on any atom is -0.465 e.